The van der Waals surface area contributed by atoms with Gasteiger partial charge in [-0.25, -0.2) is 0 Å². The van der Waals surface area contributed by atoms with Crippen molar-refractivity contribution in [1.29, 1.82) is 5.26 Å². The van der Waals surface area contributed by atoms with E-state index < -0.39 is 0 Å². The largest absolute Gasteiger partial charge is 0.488 e. The quantitative estimate of drug-likeness (QED) is 0.798. The van der Waals surface area contributed by atoms with Crippen molar-refractivity contribution in [3.05, 3.63) is 71.3 Å². The van der Waals surface area contributed by atoms with Crippen LogP contribution in [0.15, 0.2) is 54.6 Å². The molecule has 2 nitrogen and oxygen atoms in total. The van der Waals surface area contributed by atoms with Gasteiger partial charge in [-0.2, -0.15) is 17.9 Å². The zero-order valence-electron chi connectivity index (χ0n) is 11.7. The molecule has 0 amide bonds. The van der Waals surface area contributed by atoms with Crippen molar-refractivity contribution >= 4 is 18.7 Å². The van der Waals surface area contributed by atoms with E-state index in [9.17, 15) is 0 Å². The lowest BCUT2D eigenvalue weighted by molar-refractivity contribution is 0.305. The zero-order chi connectivity index (χ0) is 14.9. The molecule has 0 atom stereocenters. The van der Waals surface area contributed by atoms with Crippen molar-refractivity contribution in [2.24, 2.45) is 0 Å². The first-order chi connectivity index (χ1) is 10.3. The summed E-state index contributed by atoms with van der Waals surface area (Å²) in [6.07, 6.45) is 5.01. The third-order valence-corrected chi connectivity index (χ3v) is 3.23. The molecule has 0 unspecified atom stereocenters. The first-order valence-electron chi connectivity index (χ1n) is 6.82. The Morgan fingerprint density at radius 1 is 1.14 bits per heavy atom. The van der Waals surface area contributed by atoms with Gasteiger partial charge >= 0.3 is 0 Å². The van der Waals surface area contributed by atoms with Crippen LogP contribution in [-0.2, 0) is 6.61 Å². The molecule has 2 rings (SSSR count). The van der Waals surface area contributed by atoms with Gasteiger partial charge in [0.05, 0.1) is 5.56 Å². The third-order valence-electron chi connectivity index (χ3n) is 2.97. The molecule has 0 radical (unpaired) electrons. The van der Waals surface area contributed by atoms with Crippen molar-refractivity contribution in [2.75, 3.05) is 5.75 Å². The fourth-order valence-corrected chi connectivity index (χ4v) is 2.03. The second-order valence-corrected chi connectivity index (χ2v) is 5.00. The fourth-order valence-electron chi connectivity index (χ4n) is 1.88. The smallest absolute Gasteiger partial charge is 0.138 e. The minimum absolute atomic E-state index is 0.458. The predicted molar refractivity (Wildman–Crippen MR) is 89.4 cm³/mol. The van der Waals surface area contributed by atoms with Crippen LogP contribution in [0.25, 0.3) is 6.08 Å². The number of nitriles is 1. The van der Waals surface area contributed by atoms with Gasteiger partial charge in [0, 0.05) is 0 Å². The lowest BCUT2D eigenvalue weighted by Gasteiger charge is -2.09. The Kier molecular flexibility index (Phi) is 5.93. The average Bonchev–Trinajstić information content (AvgIpc) is 2.54. The summed E-state index contributed by atoms with van der Waals surface area (Å²) >= 11 is 4.17. The standard InChI is InChI=1S/C18H17NOS/c19-13-17-10-9-15(6-4-5-11-21)12-18(17)20-14-16-7-2-1-3-8-16/h1-4,6-10,12,21H,5,11,14H2. The molecule has 0 fully saturated rings. The summed E-state index contributed by atoms with van der Waals surface area (Å²) in [4.78, 5) is 0. The molecule has 0 saturated heterocycles. The van der Waals surface area contributed by atoms with E-state index in [0.717, 1.165) is 23.3 Å². The van der Waals surface area contributed by atoms with Gasteiger partial charge in [-0.3, -0.25) is 0 Å². The van der Waals surface area contributed by atoms with Gasteiger partial charge in [0.1, 0.15) is 18.4 Å². The topological polar surface area (TPSA) is 33.0 Å². The Bertz CT molecular complexity index is 644. The maximum Gasteiger partial charge on any atom is 0.138 e. The van der Waals surface area contributed by atoms with Gasteiger partial charge in [0.2, 0.25) is 0 Å². The van der Waals surface area contributed by atoms with E-state index in [2.05, 4.69) is 24.8 Å². The Hall–Kier alpha value is -2.18. The van der Waals surface area contributed by atoms with Crippen molar-refractivity contribution in [3.63, 3.8) is 0 Å². The number of hydrogen-bond acceptors (Lipinski definition) is 3. The highest BCUT2D eigenvalue weighted by Gasteiger charge is 2.04. The highest BCUT2D eigenvalue weighted by Crippen LogP contribution is 2.22. The van der Waals surface area contributed by atoms with E-state index in [1.165, 1.54) is 0 Å². The van der Waals surface area contributed by atoms with E-state index in [1.807, 2.05) is 48.5 Å². The minimum Gasteiger partial charge on any atom is -0.488 e. The number of allylic oxidation sites excluding steroid dienone is 1. The highest BCUT2D eigenvalue weighted by atomic mass is 32.1. The SMILES string of the molecule is N#Cc1ccc(C=CCCS)cc1OCc1ccccc1. The van der Waals surface area contributed by atoms with Crippen LogP contribution in [0.5, 0.6) is 5.75 Å². The van der Waals surface area contributed by atoms with Gasteiger partial charge in [0.15, 0.2) is 0 Å². The van der Waals surface area contributed by atoms with Crippen molar-refractivity contribution in [1.82, 2.24) is 0 Å². The maximum atomic E-state index is 9.16. The molecule has 0 aliphatic rings. The van der Waals surface area contributed by atoms with Gasteiger partial charge < -0.3 is 4.74 Å². The molecule has 0 spiro atoms. The average molecular weight is 295 g/mol. The summed E-state index contributed by atoms with van der Waals surface area (Å²) in [5, 5.41) is 9.16. The highest BCUT2D eigenvalue weighted by molar-refractivity contribution is 7.80. The Labute approximate surface area is 131 Å². The third kappa shape index (κ3) is 4.70. The molecule has 106 valence electrons. The molecule has 0 N–H and O–H groups in total. The Morgan fingerprint density at radius 3 is 2.67 bits per heavy atom. The first kappa shape index (κ1) is 15.2. The normalized spacial score (nSPS) is 10.5. The van der Waals surface area contributed by atoms with Crippen molar-refractivity contribution in [2.45, 2.75) is 13.0 Å². The molecule has 0 aromatic heterocycles. The van der Waals surface area contributed by atoms with Crippen LogP contribution in [0.3, 0.4) is 0 Å². The second-order valence-electron chi connectivity index (χ2n) is 4.56. The van der Waals surface area contributed by atoms with Gasteiger partial charge in [-0.05, 0) is 35.4 Å². The Balaban J connectivity index is 2.12. The van der Waals surface area contributed by atoms with Crippen LogP contribution < -0.4 is 4.74 Å². The van der Waals surface area contributed by atoms with E-state index in [-0.39, 0.29) is 0 Å². The lowest BCUT2D eigenvalue weighted by atomic mass is 10.1. The van der Waals surface area contributed by atoms with Crippen LogP contribution in [-0.4, -0.2) is 5.75 Å². The number of thiol groups is 1. The summed E-state index contributed by atoms with van der Waals surface area (Å²) < 4.78 is 5.79. The molecule has 21 heavy (non-hydrogen) atoms. The van der Waals surface area contributed by atoms with Crippen LogP contribution >= 0.6 is 12.6 Å². The number of rotatable bonds is 6. The molecule has 0 heterocycles. The minimum atomic E-state index is 0.458. The molecular weight excluding hydrogens is 278 g/mol. The summed E-state index contributed by atoms with van der Waals surface area (Å²) in [7, 11) is 0. The molecule has 0 bridgehead atoms. The van der Waals surface area contributed by atoms with E-state index in [0.29, 0.717) is 17.9 Å². The monoisotopic (exact) mass is 295 g/mol. The molecule has 0 saturated carbocycles. The van der Waals surface area contributed by atoms with E-state index in [1.54, 1.807) is 6.07 Å². The summed E-state index contributed by atoms with van der Waals surface area (Å²) in [6.45, 7) is 0.458. The number of nitrogens with zero attached hydrogens (tertiary/aromatic N) is 1. The van der Waals surface area contributed by atoms with Crippen molar-refractivity contribution in [3.8, 4) is 11.8 Å². The number of ether oxygens (including phenoxy) is 1. The van der Waals surface area contributed by atoms with Crippen LogP contribution in [0.2, 0.25) is 0 Å². The molecule has 2 aromatic carbocycles. The van der Waals surface area contributed by atoms with Gasteiger partial charge in [-0.15, -0.1) is 0 Å². The lowest BCUT2D eigenvalue weighted by Crippen LogP contribution is -1.97. The van der Waals surface area contributed by atoms with Gasteiger partial charge in [0.25, 0.3) is 0 Å². The summed E-state index contributed by atoms with van der Waals surface area (Å²) in [6, 6.07) is 17.7. The zero-order valence-corrected chi connectivity index (χ0v) is 12.6. The summed E-state index contributed by atoms with van der Waals surface area (Å²) in [5.41, 5.74) is 2.66. The molecule has 0 aliphatic heterocycles. The number of hydrogen-bond donors (Lipinski definition) is 1. The predicted octanol–water partition coefficient (Wildman–Crippen LogP) is 4.47. The summed E-state index contributed by atoms with van der Waals surface area (Å²) in [5.74, 6) is 1.44. The number of benzene rings is 2. The van der Waals surface area contributed by atoms with Crippen LogP contribution in [0.1, 0.15) is 23.1 Å². The fraction of sp³-hybridized carbons (Fsp3) is 0.167. The van der Waals surface area contributed by atoms with Crippen LogP contribution in [0, 0.1) is 11.3 Å². The van der Waals surface area contributed by atoms with Gasteiger partial charge in [-0.1, -0.05) is 48.6 Å². The second kappa shape index (κ2) is 8.18. The molecule has 2 aromatic rings. The van der Waals surface area contributed by atoms with Crippen LogP contribution in [0.4, 0.5) is 0 Å². The molecular formula is C18H17NOS. The van der Waals surface area contributed by atoms with Crippen molar-refractivity contribution < 1.29 is 4.74 Å². The maximum absolute atomic E-state index is 9.16. The van der Waals surface area contributed by atoms with E-state index >= 15 is 0 Å². The first-order valence-corrected chi connectivity index (χ1v) is 7.45. The molecule has 0 aliphatic carbocycles. The van der Waals surface area contributed by atoms with E-state index in [4.69, 9.17) is 10.00 Å². The Morgan fingerprint density at radius 2 is 1.95 bits per heavy atom. The molecule has 3 heteroatoms.